The summed E-state index contributed by atoms with van der Waals surface area (Å²) in [5, 5.41) is 0. The van der Waals surface area contributed by atoms with E-state index in [0.29, 0.717) is 37.7 Å². The van der Waals surface area contributed by atoms with E-state index >= 15 is 0 Å². The summed E-state index contributed by atoms with van der Waals surface area (Å²) in [7, 11) is 0. The predicted octanol–water partition coefficient (Wildman–Crippen LogP) is 3.38. The zero-order valence-corrected chi connectivity index (χ0v) is 13.4. The van der Waals surface area contributed by atoms with Crippen molar-refractivity contribution in [1.29, 1.82) is 0 Å². The predicted molar refractivity (Wildman–Crippen MR) is 80.8 cm³/mol. The van der Waals surface area contributed by atoms with E-state index in [9.17, 15) is 14.4 Å². The summed E-state index contributed by atoms with van der Waals surface area (Å²) < 4.78 is 5.13. The highest BCUT2D eigenvalue weighted by atomic mass is 16.5. The van der Waals surface area contributed by atoms with Crippen molar-refractivity contribution in [2.24, 2.45) is 5.41 Å². The molecular weight excluding hydrogens is 268 g/mol. The number of ketones is 2. The lowest BCUT2D eigenvalue weighted by molar-refractivity contribution is -0.151. The van der Waals surface area contributed by atoms with E-state index in [-0.39, 0.29) is 23.4 Å². The Morgan fingerprint density at radius 3 is 2.38 bits per heavy atom. The van der Waals surface area contributed by atoms with E-state index in [1.165, 1.54) is 0 Å². The summed E-state index contributed by atoms with van der Waals surface area (Å²) in [5.41, 5.74) is 0.826. The largest absolute Gasteiger partial charge is 0.450 e. The van der Waals surface area contributed by atoms with Gasteiger partial charge in [-0.05, 0) is 30.3 Å². The smallest absolute Gasteiger partial charge is 0.306 e. The highest BCUT2D eigenvalue weighted by Crippen LogP contribution is 2.24. The molecule has 1 rings (SSSR count). The van der Waals surface area contributed by atoms with Crippen LogP contribution in [0.15, 0.2) is 12.2 Å². The molecule has 0 aromatic heterocycles. The fourth-order valence-corrected chi connectivity index (χ4v) is 2.18. The van der Waals surface area contributed by atoms with Crippen LogP contribution in [0.25, 0.3) is 0 Å². The van der Waals surface area contributed by atoms with Gasteiger partial charge >= 0.3 is 5.97 Å². The maximum atomic E-state index is 11.7. The van der Waals surface area contributed by atoms with Gasteiger partial charge in [0.2, 0.25) is 0 Å². The van der Waals surface area contributed by atoms with Crippen molar-refractivity contribution in [3.8, 4) is 0 Å². The van der Waals surface area contributed by atoms with Crippen LogP contribution in [-0.4, -0.2) is 23.6 Å². The zero-order chi connectivity index (χ0) is 16.0. The number of esters is 1. The molecule has 0 aliphatic heterocycles. The molecule has 1 fully saturated rings. The molecule has 0 bridgehead atoms. The maximum absolute atomic E-state index is 11.7. The number of Topliss-reactive ketones (excluding diaryl/α,β-unsaturated/α-hetero) is 2. The van der Waals surface area contributed by atoms with Crippen LogP contribution in [0.1, 0.15) is 65.7 Å². The summed E-state index contributed by atoms with van der Waals surface area (Å²) in [5.74, 6) is -0.311. The lowest BCUT2D eigenvalue weighted by atomic mass is 9.89. The second-order valence-electron chi connectivity index (χ2n) is 6.95. The average Bonchev–Trinajstić information content (AvgIpc) is 2.67. The third-order valence-corrected chi connectivity index (χ3v) is 3.60. The van der Waals surface area contributed by atoms with Crippen LogP contribution in [0.4, 0.5) is 0 Å². The first kappa shape index (κ1) is 17.6. The molecule has 0 amide bonds. The van der Waals surface area contributed by atoms with Gasteiger partial charge in [-0.1, -0.05) is 27.4 Å². The molecule has 0 heterocycles. The number of carbonyl (C=O) groups excluding carboxylic acids is 3. The van der Waals surface area contributed by atoms with Crippen molar-refractivity contribution in [2.75, 3.05) is 0 Å². The molecule has 0 N–H and O–H groups in total. The van der Waals surface area contributed by atoms with Gasteiger partial charge < -0.3 is 4.74 Å². The maximum Gasteiger partial charge on any atom is 0.306 e. The van der Waals surface area contributed by atoms with Gasteiger partial charge in [0, 0.05) is 25.7 Å². The number of hydrogen-bond donors (Lipinski definition) is 0. The summed E-state index contributed by atoms with van der Waals surface area (Å²) in [6.07, 6.45) is 2.71. The second kappa shape index (κ2) is 7.53. The van der Waals surface area contributed by atoms with E-state index in [1.807, 2.05) is 0 Å². The minimum Gasteiger partial charge on any atom is -0.450 e. The summed E-state index contributed by atoms with van der Waals surface area (Å²) in [6, 6.07) is 0. The SMILES string of the molecule is C=C1CCC(=O)C1OC(=O)CCCC(=O)CCC(C)(C)C. The van der Waals surface area contributed by atoms with Gasteiger partial charge in [-0.3, -0.25) is 14.4 Å². The van der Waals surface area contributed by atoms with Crippen LogP contribution >= 0.6 is 0 Å². The molecule has 118 valence electrons. The molecule has 0 saturated heterocycles. The molecule has 1 unspecified atom stereocenters. The molecule has 0 radical (unpaired) electrons. The summed E-state index contributed by atoms with van der Waals surface area (Å²) >= 11 is 0. The highest BCUT2D eigenvalue weighted by Gasteiger charge is 2.31. The van der Waals surface area contributed by atoms with Gasteiger partial charge in [0.25, 0.3) is 0 Å². The van der Waals surface area contributed by atoms with Crippen LogP contribution in [0, 0.1) is 5.41 Å². The lowest BCUT2D eigenvalue weighted by Crippen LogP contribution is -2.23. The Kier molecular flexibility index (Phi) is 6.31. The minimum absolute atomic E-state index is 0.0744. The van der Waals surface area contributed by atoms with Gasteiger partial charge in [0.1, 0.15) is 5.78 Å². The molecule has 1 aliphatic rings. The van der Waals surface area contributed by atoms with Gasteiger partial charge in [0.15, 0.2) is 11.9 Å². The Labute approximate surface area is 126 Å². The van der Waals surface area contributed by atoms with Gasteiger partial charge in [-0.15, -0.1) is 0 Å². The first-order chi connectivity index (χ1) is 9.69. The standard InChI is InChI=1S/C17H26O4/c1-12-8-9-14(19)16(12)21-15(20)7-5-6-13(18)10-11-17(2,3)4/h16H,1,5-11H2,2-4H3. The van der Waals surface area contributed by atoms with Gasteiger partial charge in [0.05, 0.1) is 0 Å². The molecule has 1 aliphatic carbocycles. The van der Waals surface area contributed by atoms with Gasteiger partial charge in [-0.2, -0.15) is 0 Å². The normalized spacial score (nSPS) is 18.9. The molecule has 1 saturated carbocycles. The number of rotatable bonds is 7. The molecule has 21 heavy (non-hydrogen) atoms. The van der Waals surface area contributed by atoms with Crippen molar-refractivity contribution >= 4 is 17.5 Å². The van der Waals surface area contributed by atoms with Crippen molar-refractivity contribution in [3.05, 3.63) is 12.2 Å². The Bertz CT molecular complexity index is 413. The van der Waals surface area contributed by atoms with Crippen molar-refractivity contribution in [1.82, 2.24) is 0 Å². The first-order valence-electron chi connectivity index (χ1n) is 7.60. The fraction of sp³-hybridized carbons (Fsp3) is 0.706. The average molecular weight is 294 g/mol. The summed E-state index contributed by atoms with van der Waals surface area (Å²) in [4.78, 5) is 34.9. The quantitative estimate of drug-likeness (QED) is 0.533. The monoisotopic (exact) mass is 294 g/mol. The molecule has 0 aromatic rings. The molecule has 1 atom stereocenters. The Balaban J connectivity index is 2.20. The van der Waals surface area contributed by atoms with Crippen LogP contribution < -0.4 is 0 Å². The Hall–Kier alpha value is -1.45. The molecule has 4 heteroatoms. The fourth-order valence-electron chi connectivity index (χ4n) is 2.18. The van der Waals surface area contributed by atoms with Gasteiger partial charge in [-0.25, -0.2) is 0 Å². The molecule has 0 spiro atoms. The Morgan fingerprint density at radius 2 is 1.86 bits per heavy atom. The molecule has 0 aromatic carbocycles. The van der Waals surface area contributed by atoms with E-state index < -0.39 is 12.1 Å². The second-order valence-corrected chi connectivity index (χ2v) is 6.95. The molecular formula is C17H26O4. The zero-order valence-electron chi connectivity index (χ0n) is 13.4. The van der Waals surface area contributed by atoms with E-state index in [2.05, 4.69) is 27.4 Å². The van der Waals surface area contributed by atoms with Crippen molar-refractivity contribution in [2.45, 2.75) is 71.8 Å². The van der Waals surface area contributed by atoms with Crippen molar-refractivity contribution in [3.63, 3.8) is 0 Å². The van der Waals surface area contributed by atoms with Crippen LogP contribution in [0.2, 0.25) is 0 Å². The lowest BCUT2D eigenvalue weighted by Gasteiger charge is -2.17. The van der Waals surface area contributed by atoms with Crippen LogP contribution in [0.5, 0.6) is 0 Å². The topological polar surface area (TPSA) is 60.4 Å². The number of carbonyl (C=O) groups is 3. The first-order valence-corrected chi connectivity index (χ1v) is 7.60. The minimum atomic E-state index is -0.755. The third kappa shape index (κ3) is 6.69. The number of ether oxygens (including phenoxy) is 1. The molecule has 4 nitrogen and oxygen atoms in total. The summed E-state index contributed by atoms with van der Waals surface area (Å²) in [6.45, 7) is 10.0. The third-order valence-electron chi connectivity index (χ3n) is 3.60. The van der Waals surface area contributed by atoms with E-state index in [1.54, 1.807) is 0 Å². The Morgan fingerprint density at radius 1 is 1.19 bits per heavy atom. The van der Waals surface area contributed by atoms with E-state index in [0.717, 1.165) is 6.42 Å². The van der Waals surface area contributed by atoms with E-state index in [4.69, 9.17) is 4.74 Å². The van der Waals surface area contributed by atoms with Crippen molar-refractivity contribution < 1.29 is 19.1 Å². The number of hydrogen-bond acceptors (Lipinski definition) is 4. The highest BCUT2D eigenvalue weighted by molar-refractivity contribution is 5.91. The van der Waals surface area contributed by atoms with Crippen LogP contribution in [0.3, 0.4) is 0 Å². The van der Waals surface area contributed by atoms with Crippen LogP contribution in [-0.2, 0) is 19.1 Å².